The van der Waals surface area contributed by atoms with Gasteiger partial charge in [-0.3, -0.25) is 9.78 Å². The first-order valence-corrected chi connectivity index (χ1v) is 9.42. The maximum absolute atomic E-state index is 13.2. The minimum atomic E-state index is -0.289. The van der Waals surface area contributed by atoms with E-state index in [1.165, 1.54) is 19.1 Å². The molecule has 2 aromatic heterocycles. The first kappa shape index (κ1) is 20.9. The summed E-state index contributed by atoms with van der Waals surface area (Å²) < 4.78 is 13.2. The molecule has 0 radical (unpaired) electrons. The molecule has 0 bridgehead atoms. The standard InChI is InChI=1S/C20H23FN8O/c1-13(15-3-5-16(21)6-4-15)26-20-28-17(24-10-9-23-14(2)30)11-18(29-20)27-19-12-22-7-8-25-19/h3-8,11-13H,9-10H2,1-2H3,(H,23,30)(H3,24,25,26,27,28,29)/t13-/m0/s1. The second kappa shape index (κ2) is 10.1. The molecule has 0 aliphatic carbocycles. The number of hydrogen-bond donors (Lipinski definition) is 4. The third kappa shape index (κ3) is 6.36. The molecule has 2 heterocycles. The van der Waals surface area contributed by atoms with Crippen LogP contribution in [0.3, 0.4) is 0 Å². The number of rotatable bonds is 9. The third-order valence-electron chi connectivity index (χ3n) is 4.07. The van der Waals surface area contributed by atoms with Crippen molar-refractivity contribution in [3.63, 3.8) is 0 Å². The highest BCUT2D eigenvalue weighted by atomic mass is 19.1. The van der Waals surface area contributed by atoms with Crippen LogP contribution in [0.5, 0.6) is 0 Å². The smallest absolute Gasteiger partial charge is 0.227 e. The lowest BCUT2D eigenvalue weighted by atomic mass is 10.1. The zero-order chi connectivity index (χ0) is 21.3. The van der Waals surface area contributed by atoms with Gasteiger partial charge in [0.05, 0.1) is 12.2 Å². The summed E-state index contributed by atoms with van der Waals surface area (Å²) in [6, 6.07) is 7.83. The van der Waals surface area contributed by atoms with E-state index in [-0.39, 0.29) is 17.8 Å². The molecule has 0 aliphatic rings. The lowest BCUT2D eigenvalue weighted by Gasteiger charge is -2.16. The van der Waals surface area contributed by atoms with Crippen LogP contribution in [0.2, 0.25) is 0 Å². The van der Waals surface area contributed by atoms with Crippen molar-refractivity contribution in [2.75, 3.05) is 29.0 Å². The molecule has 1 atom stereocenters. The molecule has 3 aromatic rings. The third-order valence-corrected chi connectivity index (χ3v) is 4.07. The fourth-order valence-corrected chi connectivity index (χ4v) is 2.62. The van der Waals surface area contributed by atoms with Gasteiger partial charge in [0.15, 0.2) is 0 Å². The minimum Gasteiger partial charge on any atom is -0.368 e. The molecular weight excluding hydrogens is 387 g/mol. The van der Waals surface area contributed by atoms with Gasteiger partial charge < -0.3 is 21.3 Å². The van der Waals surface area contributed by atoms with Crippen molar-refractivity contribution < 1.29 is 9.18 Å². The van der Waals surface area contributed by atoms with Gasteiger partial charge in [-0.05, 0) is 24.6 Å². The topological polar surface area (TPSA) is 117 Å². The Morgan fingerprint density at radius 3 is 2.53 bits per heavy atom. The van der Waals surface area contributed by atoms with Crippen molar-refractivity contribution in [2.45, 2.75) is 19.9 Å². The van der Waals surface area contributed by atoms with Crippen molar-refractivity contribution in [2.24, 2.45) is 0 Å². The number of carbonyl (C=O) groups excluding carboxylic acids is 1. The molecule has 0 saturated heterocycles. The lowest BCUT2D eigenvalue weighted by Crippen LogP contribution is -2.26. The second-order valence-electron chi connectivity index (χ2n) is 6.51. The molecule has 156 valence electrons. The van der Waals surface area contributed by atoms with Gasteiger partial charge in [0.1, 0.15) is 23.3 Å². The average molecular weight is 410 g/mol. The highest BCUT2D eigenvalue weighted by Gasteiger charge is 2.11. The van der Waals surface area contributed by atoms with Crippen LogP contribution in [0, 0.1) is 5.82 Å². The summed E-state index contributed by atoms with van der Waals surface area (Å²) in [6.07, 6.45) is 4.74. The van der Waals surface area contributed by atoms with Gasteiger partial charge in [0, 0.05) is 38.5 Å². The molecule has 30 heavy (non-hydrogen) atoms. The molecule has 3 rings (SSSR count). The normalized spacial score (nSPS) is 11.4. The van der Waals surface area contributed by atoms with Gasteiger partial charge in [0.25, 0.3) is 0 Å². The van der Waals surface area contributed by atoms with Crippen LogP contribution in [-0.4, -0.2) is 38.9 Å². The van der Waals surface area contributed by atoms with Crippen molar-refractivity contribution in [3.05, 3.63) is 60.3 Å². The second-order valence-corrected chi connectivity index (χ2v) is 6.51. The highest BCUT2D eigenvalue weighted by Crippen LogP contribution is 2.21. The van der Waals surface area contributed by atoms with Crippen molar-refractivity contribution in [1.82, 2.24) is 25.3 Å². The molecule has 0 saturated carbocycles. The molecule has 0 fully saturated rings. The Morgan fingerprint density at radius 2 is 1.83 bits per heavy atom. The van der Waals surface area contributed by atoms with Crippen LogP contribution in [0.25, 0.3) is 0 Å². The fourth-order valence-electron chi connectivity index (χ4n) is 2.62. The van der Waals surface area contributed by atoms with Crippen LogP contribution in [0.4, 0.5) is 27.8 Å². The Labute approximate surface area is 173 Å². The molecule has 4 N–H and O–H groups in total. The fraction of sp³-hybridized carbons (Fsp3) is 0.250. The summed E-state index contributed by atoms with van der Waals surface area (Å²) >= 11 is 0. The summed E-state index contributed by atoms with van der Waals surface area (Å²) in [6.45, 7) is 4.35. The number of hydrogen-bond acceptors (Lipinski definition) is 8. The van der Waals surface area contributed by atoms with Crippen LogP contribution in [-0.2, 0) is 4.79 Å². The van der Waals surface area contributed by atoms with Gasteiger partial charge in [-0.1, -0.05) is 12.1 Å². The van der Waals surface area contributed by atoms with Crippen molar-refractivity contribution in [3.8, 4) is 0 Å². The van der Waals surface area contributed by atoms with Crippen LogP contribution < -0.4 is 21.3 Å². The summed E-state index contributed by atoms with van der Waals surface area (Å²) in [5.41, 5.74) is 0.896. The van der Waals surface area contributed by atoms with E-state index >= 15 is 0 Å². The van der Waals surface area contributed by atoms with Crippen LogP contribution >= 0.6 is 0 Å². The summed E-state index contributed by atoms with van der Waals surface area (Å²) in [5.74, 6) is 1.61. The first-order valence-electron chi connectivity index (χ1n) is 9.42. The minimum absolute atomic E-state index is 0.0972. The summed E-state index contributed by atoms with van der Waals surface area (Å²) in [7, 11) is 0. The number of nitrogens with zero attached hydrogens (tertiary/aromatic N) is 4. The molecule has 10 heteroatoms. The number of nitrogens with one attached hydrogen (secondary N) is 4. The van der Waals surface area contributed by atoms with E-state index in [0.29, 0.717) is 36.5 Å². The van der Waals surface area contributed by atoms with Gasteiger partial charge in [0.2, 0.25) is 11.9 Å². The van der Waals surface area contributed by atoms with Gasteiger partial charge >= 0.3 is 0 Å². The van der Waals surface area contributed by atoms with Crippen LogP contribution in [0.15, 0.2) is 48.9 Å². The molecule has 0 unspecified atom stereocenters. The Bertz CT molecular complexity index is 968. The Kier molecular flexibility index (Phi) is 7.04. The molecule has 1 amide bonds. The maximum Gasteiger partial charge on any atom is 0.227 e. The number of benzene rings is 1. The van der Waals surface area contributed by atoms with E-state index in [1.807, 2.05) is 6.92 Å². The van der Waals surface area contributed by atoms with Crippen molar-refractivity contribution in [1.29, 1.82) is 0 Å². The first-order chi connectivity index (χ1) is 14.5. The van der Waals surface area contributed by atoms with Crippen molar-refractivity contribution >= 4 is 29.3 Å². The number of halogens is 1. The summed E-state index contributed by atoms with van der Waals surface area (Å²) in [4.78, 5) is 28.2. The number of aromatic nitrogens is 4. The number of amides is 1. The van der Waals surface area contributed by atoms with E-state index in [1.54, 1.807) is 36.8 Å². The molecule has 1 aromatic carbocycles. The molecule has 0 spiro atoms. The zero-order valence-corrected chi connectivity index (χ0v) is 16.7. The predicted octanol–water partition coefficient (Wildman–Crippen LogP) is 2.87. The average Bonchev–Trinajstić information content (AvgIpc) is 2.72. The predicted molar refractivity (Wildman–Crippen MR) is 113 cm³/mol. The Morgan fingerprint density at radius 1 is 1.07 bits per heavy atom. The SMILES string of the molecule is CC(=O)NCCNc1cc(Nc2cnccn2)nc(N[C@@H](C)c2ccc(F)cc2)n1. The monoisotopic (exact) mass is 410 g/mol. The van der Waals surface area contributed by atoms with Crippen LogP contribution in [0.1, 0.15) is 25.5 Å². The highest BCUT2D eigenvalue weighted by molar-refractivity contribution is 5.72. The largest absolute Gasteiger partial charge is 0.368 e. The Balaban J connectivity index is 1.77. The quantitative estimate of drug-likeness (QED) is 0.398. The summed E-state index contributed by atoms with van der Waals surface area (Å²) in [5, 5.41) is 12.2. The number of carbonyl (C=O) groups is 1. The molecular formula is C20H23FN8O. The Hall–Kier alpha value is -3.82. The van der Waals surface area contributed by atoms with Gasteiger partial charge in [-0.2, -0.15) is 9.97 Å². The van der Waals surface area contributed by atoms with E-state index in [0.717, 1.165) is 5.56 Å². The van der Waals surface area contributed by atoms with E-state index in [9.17, 15) is 9.18 Å². The molecule has 0 aliphatic heterocycles. The van der Waals surface area contributed by atoms with Gasteiger partial charge in [-0.15, -0.1) is 0 Å². The number of anilines is 4. The van der Waals surface area contributed by atoms with E-state index < -0.39 is 0 Å². The van der Waals surface area contributed by atoms with Gasteiger partial charge in [-0.25, -0.2) is 9.37 Å². The van der Waals surface area contributed by atoms with E-state index in [4.69, 9.17) is 0 Å². The maximum atomic E-state index is 13.2. The lowest BCUT2D eigenvalue weighted by molar-refractivity contribution is -0.118. The van der Waals surface area contributed by atoms with E-state index in [2.05, 4.69) is 41.2 Å². The zero-order valence-electron chi connectivity index (χ0n) is 16.7. The molecule has 9 nitrogen and oxygen atoms in total.